The fourth-order valence-corrected chi connectivity index (χ4v) is 3.37. The van der Waals surface area contributed by atoms with Gasteiger partial charge in [-0.15, -0.1) is 20.4 Å². The third-order valence-electron chi connectivity index (χ3n) is 2.98. The Labute approximate surface area is 140 Å². The molecular weight excluding hydrogens is 334 g/mol. The van der Waals surface area contributed by atoms with Crippen molar-refractivity contribution < 1.29 is 9.21 Å². The average molecular weight is 349 g/mol. The third-order valence-corrected chi connectivity index (χ3v) is 4.56. The van der Waals surface area contributed by atoms with Gasteiger partial charge in [0.25, 0.3) is 0 Å². The average Bonchev–Trinajstić information content (AvgIpc) is 3.27. The van der Waals surface area contributed by atoms with E-state index in [9.17, 15) is 4.79 Å². The third kappa shape index (κ3) is 4.20. The molecule has 1 N–H and O–H groups in total. The van der Waals surface area contributed by atoms with Crippen molar-refractivity contribution in [3.8, 4) is 11.5 Å². The van der Waals surface area contributed by atoms with Crippen LogP contribution in [0.3, 0.4) is 0 Å². The van der Waals surface area contributed by atoms with Crippen molar-refractivity contribution >= 4 is 33.7 Å². The second kappa shape index (κ2) is 7.42. The number of nitrogens with one attached hydrogen (secondary N) is 1. The molecule has 0 atom stereocenters. The van der Waals surface area contributed by atoms with Crippen molar-refractivity contribution in [3.63, 3.8) is 0 Å². The number of carbonyl (C=O) groups is 1. The van der Waals surface area contributed by atoms with Gasteiger partial charge in [-0.25, -0.2) is 0 Å². The van der Waals surface area contributed by atoms with E-state index < -0.39 is 0 Å². The first kappa shape index (κ1) is 15.8. The van der Waals surface area contributed by atoms with Gasteiger partial charge < -0.3 is 9.73 Å². The van der Waals surface area contributed by atoms with Gasteiger partial charge in [0.15, 0.2) is 0 Å². The Balaban J connectivity index is 1.50. The topological polar surface area (TPSA) is 93.8 Å². The molecule has 3 aromatic heterocycles. The van der Waals surface area contributed by atoms with Crippen LogP contribution in [0, 0.1) is 0 Å². The molecule has 0 aliphatic heterocycles. The molecule has 0 bridgehead atoms. The Hall–Kier alpha value is -2.13. The van der Waals surface area contributed by atoms with Crippen molar-refractivity contribution in [2.45, 2.75) is 32.6 Å². The van der Waals surface area contributed by atoms with Gasteiger partial charge in [-0.2, -0.15) is 11.3 Å². The number of thiophene rings is 1. The minimum absolute atomic E-state index is 0.139. The van der Waals surface area contributed by atoms with Crippen LogP contribution in [0.2, 0.25) is 0 Å². The summed E-state index contributed by atoms with van der Waals surface area (Å²) in [4.78, 5) is 11.9. The zero-order valence-electron chi connectivity index (χ0n) is 12.5. The molecule has 9 heteroatoms. The van der Waals surface area contributed by atoms with Gasteiger partial charge >= 0.3 is 0 Å². The number of carbonyl (C=O) groups excluding carboxylic acids is 1. The Kier molecular flexibility index (Phi) is 5.09. The molecule has 120 valence electrons. The summed E-state index contributed by atoms with van der Waals surface area (Å²) in [6.07, 6.45) is 2.53. The van der Waals surface area contributed by atoms with E-state index in [4.69, 9.17) is 4.42 Å². The number of anilines is 1. The highest BCUT2D eigenvalue weighted by Gasteiger charge is 2.12. The summed E-state index contributed by atoms with van der Waals surface area (Å²) in [7, 11) is 0. The lowest BCUT2D eigenvalue weighted by atomic mass is 10.3. The van der Waals surface area contributed by atoms with Crippen molar-refractivity contribution in [2.24, 2.45) is 0 Å². The van der Waals surface area contributed by atoms with Gasteiger partial charge in [0.1, 0.15) is 5.01 Å². The van der Waals surface area contributed by atoms with Gasteiger partial charge in [-0.1, -0.05) is 18.3 Å². The van der Waals surface area contributed by atoms with E-state index in [1.165, 1.54) is 11.3 Å². The summed E-state index contributed by atoms with van der Waals surface area (Å²) in [6, 6.07) is 1.91. The zero-order chi connectivity index (χ0) is 16.1. The SMILES string of the molecule is CCCc1nnc(NC(=O)CCc2nnc(-c3ccsc3)o2)s1. The van der Waals surface area contributed by atoms with Crippen LogP contribution in [0.1, 0.15) is 30.7 Å². The summed E-state index contributed by atoms with van der Waals surface area (Å²) in [6.45, 7) is 2.08. The number of nitrogens with zero attached hydrogens (tertiary/aromatic N) is 4. The molecule has 23 heavy (non-hydrogen) atoms. The number of hydrogen-bond acceptors (Lipinski definition) is 8. The predicted molar refractivity (Wildman–Crippen MR) is 88.5 cm³/mol. The van der Waals surface area contributed by atoms with Crippen LogP contribution < -0.4 is 5.32 Å². The zero-order valence-corrected chi connectivity index (χ0v) is 14.1. The summed E-state index contributed by atoms with van der Waals surface area (Å²) in [5.41, 5.74) is 0.899. The van der Waals surface area contributed by atoms with E-state index in [1.807, 2.05) is 16.8 Å². The molecule has 0 aliphatic rings. The molecule has 3 aromatic rings. The molecule has 0 radical (unpaired) electrons. The van der Waals surface area contributed by atoms with Gasteiger partial charge in [0, 0.05) is 30.2 Å². The molecule has 7 nitrogen and oxygen atoms in total. The molecule has 3 rings (SSSR count). The second-order valence-electron chi connectivity index (χ2n) is 4.81. The highest BCUT2D eigenvalue weighted by atomic mass is 32.1. The Morgan fingerprint density at radius 3 is 2.96 bits per heavy atom. The minimum Gasteiger partial charge on any atom is -0.421 e. The first-order valence-corrected chi connectivity index (χ1v) is 8.97. The molecule has 1 amide bonds. The number of amides is 1. The molecule has 0 unspecified atom stereocenters. The number of hydrogen-bond donors (Lipinski definition) is 1. The quantitative estimate of drug-likeness (QED) is 0.704. The molecule has 0 aromatic carbocycles. The molecule has 0 saturated carbocycles. The van der Waals surface area contributed by atoms with Crippen LogP contribution in [-0.4, -0.2) is 26.3 Å². The Morgan fingerprint density at radius 2 is 2.17 bits per heavy atom. The van der Waals surface area contributed by atoms with E-state index in [2.05, 4.69) is 32.6 Å². The van der Waals surface area contributed by atoms with E-state index in [-0.39, 0.29) is 12.3 Å². The lowest BCUT2D eigenvalue weighted by Crippen LogP contribution is -2.12. The normalized spacial score (nSPS) is 10.8. The number of aryl methyl sites for hydroxylation is 2. The Morgan fingerprint density at radius 1 is 1.26 bits per heavy atom. The largest absolute Gasteiger partial charge is 0.421 e. The molecule has 0 aliphatic carbocycles. The van der Waals surface area contributed by atoms with Crippen LogP contribution in [0.25, 0.3) is 11.5 Å². The highest BCUT2D eigenvalue weighted by molar-refractivity contribution is 7.15. The Bertz CT molecular complexity index is 766. The maximum atomic E-state index is 11.9. The lowest BCUT2D eigenvalue weighted by Gasteiger charge is -1.98. The number of aromatic nitrogens is 4. The van der Waals surface area contributed by atoms with Crippen molar-refractivity contribution in [1.82, 2.24) is 20.4 Å². The lowest BCUT2D eigenvalue weighted by molar-refractivity contribution is -0.116. The van der Waals surface area contributed by atoms with Gasteiger partial charge in [-0.05, 0) is 17.9 Å². The molecule has 3 heterocycles. The first-order chi connectivity index (χ1) is 11.2. The molecular formula is C14H15N5O2S2. The summed E-state index contributed by atoms with van der Waals surface area (Å²) >= 11 is 2.97. The van der Waals surface area contributed by atoms with Gasteiger partial charge in [0.2, 0.25) is 22.8 Å². The van der Waals surface area contributed by atoms with E-state index in [0.29, 0.717) is 23.3 Å². The molecule has 0 saturated heterocycles. The monoisotopic (exact) mass is 349 g/mol. The van der Waals surface area contributed by atoms with Crippen molar-refractivity contribution in [3.05, 3.63) is 27.7 Å². The van der Waals surface area contributed by atoms with Crippen LogP contribution in [0.5, 0.6) is 0 Å². The van der Waals surface area contributed by atoms with Crippen LogP contribution in [0.4, 0.5) is 5.13 Å². The smallest absolute Gasteiger partial charge is 0.248 e. The fourth-order valence-electron chi connectivity index (χ4n) is 1.88. The maximum Gasteiger partial charge on any atom is 0.248 e. The van der Waals surface area contributed by atoms with E-state index in [1.54, 1.807) is 11.3 Å². The standard InChI is InChI=1S/C14H15N5O2S2/c1-2-3-12-17-19-14(23-12)15-10(20)4-5-11-16-18-13(21-11)9-6-7-22-8-9/h6-8H,2-5H2,1H3,(H,15,19,20). The van der Waals surface area contributed by atoms with Crippen LogP contribution in [0.15, 0.2) is 21.2 Å². The predicted octanol–water partition coefficient (Wildman–Crippen LogP) is 3.17. The number of rotatable bonds is 7. The maximum absolute atomic E-state index is 11.9. The first-order valence-electron chi connectivity index (χ1n) is 7.21. The van der Waals surface area contributed by atoms with Crippen molar-refractivity contribution in [1.29, 1.82) is 0 Å². The van der Waals surface area contributed by atoms with Crippen LogP contribution >= 0.6 is 22.7 Å². The highest BCUT2D eigenvalue weighted by Crippen LogP contribution is 2.21. The molecule has 0 spiro atoms. The van der Waals surface area contributed by atoms with Gasteiger partial charge in [0.05, 0.1) is 0 Å². The van der Waals surface area contributed by atoms with E-state index >= 15 is 0 Å². The summed E-state index contributed by atoms with van der Waals surface area (Å²) in [5.74, 6) is 0.791. The van der Waals surface area contributed by atoms with E-state index in [0.717, 1.165) is 23.4 Å². The summed E-state index contributed by atoms with van der Waals surface area (Å²) < 4.78 is 5.54. The van der Waals surface area contributed by atoms with Gasteiger partial charge in [-0.3, -0.25) is 4.79 Å². The summed E-state index contributed by atoms with van der Waals surface area (Å²) in [5, 5.41) is 24.0. The minimum atomic E-state index is -0.139. The van der Waals surface area contributed by atoms with Crippen LogP contribution in [-0.2, 0) is 17.6 Å². The fraction of sp³-hybridized carbons (Fsp3) is 0.357. The van der Waals surface area contributed by atoms with Crippen molar-refractivity contribution in [2.75, 3.05) is 5.32 Å². The molecule has 0 fully saturated rings. The second-order valence-corrected chi connectivity index (χ2v) is 6.65.